The van der Waals surface area contributed by atoms with Gasteiger partial charge in [-0.25, -0.2) is 9.97 Å². The zero-order valence-electron chi connectivity index (χ0n) is 13.0. The lowest BCUT2D eigenvalue weighted by atomic mass is 9.92. The van der Waals surface area contributed by atoms with E-state index in [0.717, 1.165) is 24.6 Å². The van der Waals surface area contributed by atoms with E-state index in [2.05, 4.69) is 29.1 Å². The number of carbonyl (C=O) groups is 1. The number of likely N-dealkylation sites (tertiary alicyclic amines) is 1. The Bertz CT molecular complexity index is 487. The van der Waals surface area contributed by atoms with E-state index in [0.29, 0.717) is 5.92 Å². The fraction of sp³-hybridized carbons (Fsp3) is 0.667. The van der Waals surface area contributed by atoms with Crippen molar-refractivity contribution >= 4 is 11.7 Å². The molecule has 1 aliphatic heterocycles. The first-order valence-corrected chi connectivity index (χ1v) is 7.15. The maximum Gasteiger partial charge on any atom is 0.228 e. The van der Waals surface area contributed by atoms with Gasteiger partial charge in [0.25, 0.3) is 0 Å². The van der Waals surface area contributed by atoms with Gasteiger partial charge < -0.3 is 10.2 Å². The number of hydrogen-bond acceptors (Lipinski definition) is 4. The summed E-state index contributed by atoms with van der Waals surface area (Å²) in [7, 11) is 0. The molecule has 2 rings (SSSR count). The van der Waals surface area contributed by atoms with E-state index < -0.39 is 0 Å². The zero-order valence-corrected chi connectivity index (χ0v) is 13.0. The fourth-order valence-electron chi connectivity index (χ4n) is 2.19. The van der Waals surface area contributed by atoms with Crippen molar-refractivity contribution in [1.29, 1.82) is 0 Å². The van der Waals surface area contributed by atoms with Gasteiger partial charge in [0.2, 0.25) is 5.91 Å². The summed E-state index contributed by atoms with van der Waals surface area (Å²) < 4.78 is 0. The number of aromatic nitrogens is 2. The Morgan fingerprint density at radius 1 is 1.35 bits per heavy atom. The van der Waals surface area contributed by atoms with E-state index in [9.17, 15) is 4.79 Å². The lowest BCUT2D eigenvalue weighted by Crippen LogP contribution is -2.59. The number of carbonyl (C=O) groups excluding carboxylic acids is 1. The monoisotopic (exact) mass is 276 g/mol. The second kappa shape index (κ2) is 5.38. The highest BCUT2D eigenvalue weighted by Gasteiger charge is 2.36. The number of nitrogens with zero attached hydrogens (tertiary/aromatic N) is 3. The lowest BCUT2D eigenvalue weighted by Gasteiger charge is -2.42. The van der Waals surface area contributed by atoms with Crippen molar-refractivity contribution in [2.75, 3.05) is 18.4 Å². The highest BCUT2D eigenvalue weighted by molar-refractivity contribution is 5.82. The minimum absolute atomic E-state index is 0.209. The SMILES string of the molecule is CC(C)c1cc(NC2CN(C(=O)C(C)(C)C)C2)ncn1. The lowest BCUT2D eigenvalue weighted by molar-refractivity contribution is -0.143. The number of nitrogens with one attached hydrogen (secondary N) is 1. The van der Waals surface area contributed by atoms with Crippen molar-refractivity contribution in [2.45, 2.75) is 46.6 Å². The summed E-state index contributed by atoms with van der Waals surface area (Å²) in [5, 5.41) is 3.36. The third-order valence-corrected chi connectivity index (χ3v) is 3.44. The summed E-state index contributed by atoms with van der Waals surface area (Å²) in [4.78, 5) is 22.4. The molecule has 5 nitrogen and oxygen atoms in total. The van der Waals surface area contributed by atoms with Crippen LogP contribution in [0.2, 0.25) is 0 Å². The van der Waals surface area contributed by atoms with Gasteiger partial charge in [0.15, 0.2) is 0 Å². The Balaban J connectivity index is 1.89. The van der Waals surface area contributed by atoms with E-state index in [-0.39, 0.29) is 17.4 Å². The third-order valence-electron chi connectivity index (χ3n) is 3.44. The quantitative estimate of drug-likeness (QED) is 0.920. The van der Waals surface area contributed by atoms with Crippen LogP contribution >= 0.6 is 0 Å². The molecule has 0 bridgehead atoms. The molecule has 5 heteroatoms. The van der Waals surface area contributed by atoms with Gasteiger partial charge in [-0.05, 0) is 5.92 Å². The van der Waals surface area contributed by atoms with Crippen molar-refractivity contribution < 1.29 is 4.79 Å². The standard InChI is InChI=1S/C15H24N4O/c1-10(2)12-6-13(17-9-16-12)18-11-7-19(8-11)14(20)15(3,4)5/h6,9-11H,7-8H2,1-5H3,(H,16,17,18). The van der Waals surface area contributed by atoms with Crippen LogP contribution in [0.15, 0.2) is 12.4 Å². The molecular formula is C15H24N4O. The summed E-state index contributed by atoms with van der Waals surface area (Å²) in [5.41, 5.74) is 0.731. The van der Waals surface area contributed by atoms with Crippen molar-refractivity contribution in [3.05, 3.63) is 18.1 Å². The molecule has 1 aromatic rings. The maximum absolute atomic E-state index is 12.1. The molecule has 110 valence electrons. The molecule has 0 unspecified atom stereocenters. The molecule has 0 spiro atoms. The largest absolute Gasteiger partial charge is 0.364 e. The molecule has 0 aliphatic carbocycles. The van der Waals surface area contributed by atoms with Crippen LogP contribution in [0.4, 0.5) is 5.82 Å². The molecule has 1 fully saturated rings. The second-order valence-corrected chi connectivity index (χ2v) is 6.78. The second-order valence-electron chi connectivity index (χ2n) is 6.78. The fourth-order valence-corrected chi connectivity index (χ4v) is 2.19. The van der Waals surface area contributed by atoms with Gasteiger partial charge in [-0.3, -0.25) is 4.79 Å². The van der Waals surface area contributed by atoms with E-state index in [1.54, 1.807) is 6.33 Å². The Morgan fingerprint density at radius 3 is 2.55 bits per heavy atom. The van der Waals surface area contributed by atoms with Crippen LogP contribution in [-0.4, -0.2) is 39.9 Å². The van der Waals surface area contributed by atoms with E-state index in [1.165, 1.54) is 0 Å². The predicted molar refractivity (Wildman–Crippen MR) is 79.6 cm³/mol. The Kier molecular flexibility index (Phi) is 3.97. The maximum atomic E-state index is 12.1. The van der Waals surface area contributed by atoms with Gasteiger partial charge in [0, 0.05) is 30.3 Å². The van der Waals surface area contributed by atoms with E-state index in [1.807, 2.05) is 31.7 Å². The first-order valence-electron chi connectivity index (χ1n) is 7.15. The summed E-state index contributed by atoms with van der Waals surface area (Å²) in [6.45, 7) is 11.6. The van der Waals surface area contributed by atoms with Gasteiger partial charge in [-0.15, -0.1) is 0 Å². The molecule has 2 heterocycles. The summed E-state index contributed by atoms with van der Waals surface area (Å²) >= 11 is 0. The third kappa shape index (κ3) is 3.26. The minimum Gasteiger partial charge on any atom is -0.364 e. The van der Waals surface area contributed by atoms with Gasteiger partial charge >= 0.3 is 0 Å². The van der Waals surface area contributed by atoms with E-state index >= 15 is 0 Å². The first-order chi connectivity index (χ1) is 9.27. The van der Waals surface area contributed by atoms with Gasteiger partial charge in [-0.1, -0.05) is 34.6 Å². The normalized spacial score (nSPS) is 16.2. The van der Waals surface area contributed by atoms with E-state index in [4.69, 9.17) is 0 Å². The average Bonchev–Trinajstić information content (AvgIpc) is 2.31. The molecule has 0 saturated carbocycles. The molecule has 1 aromatic heterocycles. The Morgan fingerprint density at radius 2 is 2.00 bits per heavy atom. The van der Waals surface area contributed by atoms with Crippen molar-refractivity contribution in [2.24, 2.45) is 5.41 Å². The number of rotatable bonds is 3. The van der Waals surface area contributed by atoms with Crippen LogP contribution < -0.4 is 5.32 Å². The van der Waals surface area contributed by atoms with Crippen molar-refractivity contribution in [1.82, 2.24) is 14.9 Å². The Hall–Kier alpha value is -1.65. The van der Waals surface area contributed by atoms with Crippen LogP contribution in [0.1, 0.15) is 46.2 Å². The molecule has 1 amide bonds. The van der Waals surface area contributed by atoms with Crippen LogP contribution in [0.5, 0.6) is 0 Å². The highest BCUT2D eigenvalue weighted by Crippen LogP contribution is 2.23. The highest BCUT2D eigenvalue weighted by atomic mass is 16.2. The molecule has 0 radical (unpaired) electrons. The topological polar surface area (TPSA) is 58.1 Å². The van der Waals surface area contributed by atoms with Gasteiger partial charge in [0.05, 0.1) is 6.04 Å². The number of anilines is 1. The molecule has 0 atom stereocenters. The molecule has 1 saturated heterocycles. The van der Waals surface area contributed by atoms with Gasteiger partial charge in [0.1, 0.15) is 12.1 Å². The molecular weight excluding hydrogens is 252 g/mol. The molecule has 1 aliphatic rings. The summed E-state index contributed by atoms with van der Waals surface area (Å²) in [5.74, 6) is 1.44. The minimum atomic E-state index is -0.301. The summed E-state index contributed by atoms with van der Waals surface area (Å²) in [6.07, 6.45) is 1.59. The molecule has 1 N–H and O–H groups in total. The Labute approximate surface area is 120 Å². The number of amides is 1. The summed E-state index contributed by atoms with van der Waals surface area (Å²) in [6, 6.07) is 2.27. The molecule has 0 aromatic carbocycles. The molecule has 20 heavy (non-hydrogen) atoms. The zero-order chi connectivity index (χ0) is 14.9. The first kappa shape index (κ1) is 14.8. The van der Waals surface area contributed by atoms with Crippen molar-refractivity contribution in [3.63, 3.8) is 0 Å². The average molecular weight is 276 g/mol. The van der Waals surface area contributed by atoms with Gasteiger partial charge in [-0.2, -0.15) is 0 Å². The predicted octanol–water partition coefficient (Wildman–Crippen LogP) is 2.27. The number of hydrogen-bond donors (Lipinski definition) is 1. The van der Waals surface area contributed by atoms with Crippen LogP contribution in [0, 0.1) is 5.41 Å². The van der Waals surface area contributed by atoms with Crippen molar-refractivity contribution in [3.8, 4) is 0 Å². The smallest absolute Gasteiger partial charge is 0.228 e. The van der Waals surface area contributed by atoms with Crippen LogP contribution in [0.3, 0.4) is 0 Å². The van der Waals surface area contributed by atoms with Crippen LogP contribution in [-0.2, 0) is 4.79 Å². The van der Waals surface area contributed by atoms with Crippen LogP contribution in [0.25, 0.3) is 0 Å².